The molecular formula is C20H22N6O3. The van der Waals surface area contributed by atoms with E-state index in [0.717, 1.165) is 0 Å². The van der Waals surface area contributed by atoms with Crippen LogP contribution >= 0.6 is 0 Å². The van der Waals surface area contributed by atoms with Crippen molar-refractivity contribution >= 4 is 34.7 Å². The number of urea groups is 1. The summed E-state index contributed by atoms with van der Waals surface area (Å²) < 4.78 is 5.36. The van der Waals surface area contributed by atoms with Gasteiger partial charge in [0.25, 0.3) is 5.91 Å². The molecule has 2 aromatic heterocycles. The molecule has 9 nitrogen and oxygen atoms in total. The van der Waals surface area contributed by atoms with Gasteiger partial charge in [-0.05, 0) is 39.0 Å². The lowest BCUT2D eigenvalue weighted by atomic mass is 10.1. The van der Waals surface area contributed by atoms with Gasteiger partial charge in [0.1, 0.15) is 11.4 Å². The van der Waals surface area contributed by atoms with E-state index in [4.69, 9.17) is 10.3 Å². The van der Waals surface area contributed by atoms with Crippen LogP contribution in [0.5, 0.6) is 0 Å². The van der Waals surface area contributed by atoms with Gasteiger partial charge in [-0.2, -0.15) is 0 Å². The highest BCUT2D eigenvalue weighted by Gasteiger charge is 2.26. The molecule has 0 saturated carbocycles. The number of nitrogens with two attached hydrogens (primary N) is 1. The highest BCUT2D eigenvalue weighted by molar-refractivity contribution is 6.03. The molecule has 0 unspecified atom stereocenters. The predicted molar refractivity (Wildman–Crippen MR) is 110 cm³/mol. The van der Waals surface area contributed by atoms with Crippen LogP contribution in [0, 0.1) is 13.8 Å². The molecule has 1 aromatic carbocycles. The Labute approximate surface area is 167 Å². The van der Waals surface area contributed by atoms with Gasteiger partial charge < -0.3 is 25.8 Å². The van der Waals surface area contributed by atoms with Gasteiger partial charge in [-0.15, -0.1) is 0 Å². The average molecular weight is 394 g/mol. The van der Waals surface area contributed by atoms with Gasteiger partial charge >= 0.3 is 6.03 Å². The number of aryl methyl sites for hydroxylation is 2. The summed E-state index contributed by atoms with van der Waals surface area (Å²) in [4.78, 5) is 30.0. The summed E-state index contributed by atoms with van der Waals surface area (Å²) in [5.74, 6) is -0.0819. The molecule has 3 amide bonds. The molecule has 0 radical (unpaired) electrons. The summed E-state index contributed by atoms with van der Waals surface area (Å²) in [5, 5.41) is 9.57. The SMILES string of the molecule is CCNC(=O)Nc1ccccc1N(c1ccncc1C(N)=O)c1c(C)noc1C. The monoisotopic (exact) mass is 394 g/mol. The van der Waals surface area contributed by atoms with Crippen LogP contribution in [-0.4, -0.2) is 28.6 Å². The van der Waals surface area contributed by atoms with Gasteiger partial charge in [-0.3, -0.25) is 9.78 Å². The average Bonchev–Trinajstić information content (AvgIpc) is 3.02. The van der Waals surface area contributed by atoms with Crippen LogP contribution < -0.4 is 21.3 Å². The Bertz CT molecular complexity index is 1030. The molecule has 2 heterocycles. The van der Waals surface area contributed by atoms with E-state index in [1.54, 1.807) is 43.1 Å². The number of primary amides is 1. The first-order valence-corrected chi connectivity index (χ1v) is 9.04. The molecule has 29 heavy (non-hydrogen) atoms. The van der Waals surface area contributed by atoms with E-state index < -0.39 is 5.91 Å². The summed E-state index contributed by atoms with van der Waals surface area (Å²) in [5.41, 5.74) is 8.71. The van der Waals surface area contributed by atoms with E-state index in [-0.39, 0.29) is 11.6 Å². The van der Waals surface area contributed by atoms with Crippen LogP contribution in [0.4, 0.5) is 27.5 Å². The number of amides is 3. The van der Waals surface area contributed by atoms with Crippen LogP contribution in [0.2, 0.25) is 0 Å². The number of carbonyl (C=O) groups excluding carboxylic acids is 2. The molecule has 0 saturated heterocycles. The van der Waals surface area contributed by atoms with E-state index in [9.17, 15) is 9.59 Å². The fourth-order valence-electron chi connectivity index (χ4n) is 3.04. The zero-order valence-electron chi connectivity index (χ0n) is 16.4. The molecular weight excluding hydrogens is 372 g/mol. The standard InChI is InChI=1S/C20H22N6O3/c1-4-23-20(28)24-15-7-5-6-8-17(15)26(18-12(2)25-29-13(18)3)16-9-10-22-11-14(16)19(21)27/h5-11H,4H2,1-3H3,(H2,21,27)(H2,23,24,28). The lowest BCUT2D eigenvalue weighted by Crippen LogP contribution is -2.29. The largest absolute Gasteiger partial charge is 0.365 e. The van der Waals surface area contributed by atoms with Crippen molar-refractivity contribution in [2.75, 3.05) is 16.8 Å². The molecule has 3 rings (SSSR count). The zero-order chi connectivity index (χ0) is 21.0. The van der Waals surface area contributed by atoms with Gasteiger partial charge in [0.2, 0.25) is 0 Å². The van der Waals surface area contributed by atoms with Crippen molar-refractivity contribution < 1.29 is 14.1 Å². The summed E-state index contributed by atoms with van der Waals surface area (Å²) in [6.07, 6.45) is 2.97. The number of aromatic nitrogens is 2. The van der Waals surface area contributed by atoms with Gasteiger partial charge in [0.05, 0.1) is 22.6 Å². The third kappa shape index (κ3) is 4.03. The zero-order valence-corrected chi connectivity index (χ0v) is 16.4. The molecule has 0 bridgehead atoms. The Morgan fingerprint density at radius 1 is 1.17 bits per heavy atom. The third-order valence-corrected chi connectivity index (χ3v) is 4.25. The number of nitrogens with zero attached hydrogens (tertiary/aromatic N) is 3. The number of pyridine rings is 1. The second-order valence-corrected chi connectivity index (χ2v) is 6.27. The van der Waals surface area contributed by atoms with Crippen molar-refractivity contribution in [2.24, 2.45) is 5.73 Å². The van der Waals surface area contributed by atoms with Gasteiger partial charge in [-0.25, -0.2) is 4.79 Å². The minimum atomic E-state index is -0.626. The van der Waals surface area contributed by atoms with Crippen molar-refractivity contribution in [3.63, 3.8) is 0 Å². The minimum absolute atomic E-state index is 0.223. The number of carbonyl (C=O) groups is 2. The second-order valence-electron chi connectivity index (χ2n) is 6.27. The molecule has 4 N–H and O–H groups in total. The first kappa shape index (κ1) is 19.9. The summed E-state index contributed by atoms with van der Waals surface area (Å²) >= 11 is 0. The Kier molecular flexibility index (Phi) is 5.77. The maximum Gasteiger partial charge on any atom is 0.319 e. The van der Waals surface area contributed by atoms with Crippen molar-refractivity contribution in [3.8, 4) is 0 Å². The van der Waals surface area contributed by atoms with E-state index in [0.29, 0.717) is 40.7 Å². The molecule has 0 aliphatic heterocycles. The quantitative estimate of drug-likeness (QED) is 0.588. The second kappa shape index (κ2) is 8.42. The Morgan fingerprint density at radius 3 is 2.59 bits per heavy atom. The Morgan fingerprint density at radius 2 is 1.93 bits per heavy atom. The summed E-state index contributed by atoms with van der Waals surface area (Å²) in [6, 6.07) is 8.55. The Balaban J connectivity index is 2.24. The van der Waals surface area contributed by atoms with Gasteiger partial charge in [0, 0.05) is 18.9 Å². The number of nitrogens with one attached hydrogen (secondary N) is 2. The van der Waals surface area contributed by atoms with Crippen molar-refractivity contribution in [3.05, 3.63) is 59.7 Å². The smallest absolute Gasteiger partial charge is 0.319 e. The first-order valence-electron chi connectivity index (χ1n) is 9.04. The number of hydrogen-bond acceptors (Lipinski definition) is 6. The fraction of sp³-hybridized carbons (Fsp3) is 0.200. The van der Waals surface area contributed by atoms with Crippen molar-refractivity contribution in [1.29, 1.82) is 0 Å². The van der Waals surface area contributed by atoms with E-state index in [2.05, 4.69) is 20.8 Å². The Hall–Kier alpha value is -3.88. The lowest BCUT2D eigenvalue weighted by Gasteiger charge is -2.28. The fourth-order valence-corrected chi connectivity index (χ4v) is 3.04. The topological polar surface area (TPSA) is 126 Å². The lowest BCUT2D eigenvalue weighted by molar-refractivity contribution is 0.100. The molecule has 0 atom stereocenters. The van der Waals surface area contributed by atoms with Crippen LogP contribution in [-0.2, 0) is 0 Å². The van der Waals surface area contributed by atoms with Crippen molar-refractivity contribution in [1.82, 2.24) is 15.5 Å². The number of rotatable bonds is 6. The molecule has 3 aromatic rings. The van der Waals surface area contributed by atoms with Crippen LogP contribution in [0.1, 0.15) is 28.7 Å². The normalized spacial score (nSPS) is 10.4. The van der Waals surface area contributed by atoms with Gasteiger partial charge in [0.15, 0.2) is 5.76 Å². The summed E-state index contributed by atoms with van der Waals surface area (Å²) in [6.45, 7) is 5.88. The number of para-hydroxylation sites is 2. The van der Waals surface area contributed by atoms with E-state index >= 15 is 0 Å². The van der Waals surface area contributed by atoms with E-state index in [1.807, 2.05) is 19.1 Å². The maximum absolute atomic E-state index is 12.2. The maximum atomic E-state index is 12.2. The predicted octanol–water partition coefficient (Wildman–Crippen LogP) is 3.40. The minimum Gasteiger partial charge on any atom is -0.365 e. The molecule has 0 aliphatic rings. The first-order chi connectivity index (χ1) is 13.9. The highest BCUT2D eigenvalue weighted by atomic mass is 16.5. The molecule has 0 fully saturated rings. The third-order valence-electron chi connectivity index (χ3n) is 4.25. The number of anilines is 4. The number of benzene rings is 1. The van der Waals surface area contributed by atoms with Crippen LogP contribution in [0.15, 0.2) is 47.2 Å². The number of hydrogen-bond donors (Lipinski definition) is 3. The van der Waals surface area contributed by atoms with Gasteiger partial charge in [-0.1, -0.05) is 17.3 Å². The molecule has 9 heteroatoms. The molecule has 150 valence electrons. The van der Waals surface area contributed by atoms with Crippen LogP contribution in [0.25, 0.3) is 0 Å². The van der Waals surface area contributed by atoms with Crippen molar-refractivity contribution in [2.45, 2.75) is 20.8 Å². The highest BCUT2D eigenvalue weighted by Crippen LogP contribution is 2.42. The molecule has 0 aliphatic carbocycles. The van der Waals surface area contributed by atoms with E-state index in [1.165, 1.54) is 6.20 Å². The summed E-state index contributed by atoms with van der Waals surface area (Å²) in [7, 11) is 0. The van der Waals surface area contributed by atoms with Crippen LogP contribution in [0.3, 0.4) is 0 Å². The molecule has 0 spiro atoms.